The van der Waals surface area contributed by atoms with Gasteiger partial charge < -0.3 is 19.9 Å². The van der Waals surface area contributed by atoms with Gasteiger partial charge in [-0.2, -0.15) is 0 Å². The zero-order valence-corrected chi connectivity index (χ0v) is 17.8. The summed E-state index contributed by atoms with van der Waals surface area (Å²) in [4.78, 5) is 16.5. The molecule has 1 aromatic carbocycles. The number of hydrogen-bond acceptors (Lipinski definition) is 5. The van der Waals surface area contributed by atoms with E-state index in [1.54, 1.807) is 24.4 Å². The van der Waals surface area contributed by atoms with Gasteiger partial charge in [0.2, 0.25) is 0 Å². The molecule has 2 fully saturated rings. The van der Waals surface area contributed by atoms with E-state index in [0.29, 0.717) is 44.0 Å². The van der Waals surface area contributed by atoms with Gasteiger partial charge in [0.05, 0.1) is 6.61 Å². The summed E-state index contributed by atoms with van der Waals surface area (Å²) in [5.74, 6) is 0.142. The van der Waals surface area contributed by atoms with Crippen LogP contribution in [0.2, 0.25) is 0 Å². The van der Waals surface area contributed by atoms with Crippen molar-refractivity contribution in [3.05, 3.63) is 41.8 Å². The lowest BCUT2D eigenvalue weighted by molar-refractivity contribution is -0.145. The number of aliphatic carboxylic acids is 1. The Kier molecular flexibility index (Phi) is 6.41. The van der Waals surface area contributed by atoms with Crippen molar-refractivity contribution in [2.75, 3.05) is 25.1 Å². The normalized spacial score (nSPS) is 17.9. The quantitative estimate of drug-likeness (QED) is 0.604. The maximum absolute atomic E-state index is 15.1. The maximum Gasteiger partial charge on any atom is 0.329 e. The second-order valence-electron chi connectivity index (χ2n) is 8.38. The van der Waals surface area contributed by atoms with Crippen molar-refractivity contribution in [2.45, 2.75) is 51.0 Å². The number of carbonyl (C=O) groups is 1. The van der Waals surface area contributed by atoms with Crippen LogP contribution in [0, 0.1) is 11.7 Å². The van der Waals surface area contributed by atoms with Crippen LogP contribution >= 0.6 is 0 Å². The van der Waals surface area contributed by atoms with Crippen LogP contribution in [-0.4, -0.2) is 41.4 Å². The maximum atomic E-state index is 15.1. The third-order valence-electron chi connectivity index (χ3n) is 6.18. The minimum atomic E-state index is -1.10. The molecule has 1 aliphatic carbocycles. The standard InChI is InChI=1S/C24H29FN2O4/c1-2-31-20-5-3-4-18(22(20)25)19-15-26-21(14-17(19)9-8-16-6-7-16)27-24(23(28)29)10-12-30-13-11-24/h3-5,14-16H,2,6-13H2,1H3,(H,26,27)(H,28,29). The highest BCUT2D eigenvalue weighted by molar-refractivity contribution is 5.83. The Hall–Kier alpha value is -2.67. The Morgan fingerprint density at radius 1 is 1.32 bits per heavy atom. The summed E-state index contributed by atoms with van der Waals surface area (Å²) < 4.78 is 25.9. The number of carboxylic acids is 1. The number of halogens is 1. The second-order valence-corrected chi connectivity index (χ2v) is 8.38. The molecule has 4 rings (SSSR count). The van der Waals surface area contributed by atoms with Crippen LogP contribution in [0.15, 0.2) is 30.5 Å². The van der Waals surface area contributed by atoms with Gasteiger partial charge in [-0.15, -0.1) is 0 Å². The van der Waals surface area contributed by atoms with Crippen molar-refractivity contribution >= 4 is 11.8 Å². The van der Waals surface area contributed by atoms with Gasteiger partial charge in [0, 0.05) is 43.4 Å². The molecule has 1 aliphatic heterocycles. The van der Waals surface area contributed by atoms with E-state index in [1.807, 2.05) is 13.0 Å². The van der Waals surface area contributed by atoms with Crippen molar-refractivity contribution in [3.8, 4) is 16.9 Å². The average Bonchev–Trinajstić information content (AvgIpc) is 3.59. The minimum absolute atomic E-state index is 0.224. The van der Waals surface area contributed by atoms with Gasteiger partial charge in [-0.25, -0.2) is 14.2 Å². The van der Waals surface area contributed by atoms with Crippen LogP contribution in [0.1, 0.15) is 44.6 Å². The first-order chi connectivity index (χ1) is 15.0. The lowest BCUT2D eigenvalue weighted by Gasteiger charge is -2.34. The first kappa shape index (κ1) is 21.6. The molecule has 2 N–H and O–H groups in total. The zero-order valence-electron chi connectivity index (χ0n) is 17.8. The highest BCUT2D eigenvalue weighted by Gasteiger charge is 2.40. The van der Waals surface area contributed by atoms with Crippen LogP contribution in [-0.2, 0) is 16.0 Å². The zero-order chi connectivity index (χ0) is 21.8. The number of rotatable bonds is 9. The molecule has 0 radical (unpaired) electrons. The van der Waals surface area contributed by atoms with E-state index in [4.69, 9.17) is 9.47 Å². The molecule has 0 spiro atoms. The fourth-order valence-electron chi connectivity index (χ4n) is 4.12. The summed E-state index contributed by atoms with van der Waals surface area (Å²) in [7, 11) is 0. The molecular formula is C24H29FN2O4. The second kappa shape index (κ2) is 9.22. The number of nitrogens with zero attached hydrogens (tertiary/aromatic N) is 1. The fourth-order valence-corrected chi connectivity index (χ4v) is 4.12. The number of aryl methyl sites for hydroxylation is 1. The molecule has 0 atom stereocenters. The molecule has 7 heteroatoms. The molecule has 2 heterocycles. The first-order valence-corrected chi connectivity index (χ1v) is 11.0. The smallest absolute Gasteiger partial charge is 0.329 e. The van der Waals surface area contributed by atoms with Crippen LogP contribution in [0.5, 0.6) is 5.75 Å². The number of aromatic nitrogens is 1. The summed E-state index contributed by atoms with van der Waals surface area (Å²) in [6.07, 6.45) is 6.68. The number of benzene rings is 1. The lowest BCUT2D eigenvalue weighted by atomic mass is 9.90. The summed E-state index contributed by atoms with van der Waals surface area (Å²) in [5.41, 5.74) is 1.04. The molecule has 31 heavy (non-hydrogen) atoms. The van der Waals surface area contributed by atoms with Gasteiger partial charge in [-0.3, -0.25) is 0 Å². The van der Waals surface area contributed by atoms with Crippen LogP contribution in [0.25, 0.3) is 11.1 Å². The molecule has 1 aromatic heterocycles. The van der Waals surface area contributed by atoms with Crippen LogP contribution in [0.3, 0.4) is 0 Å². The van der Waals surface area contributed by atoms with Crippen molar-refractivity contribution in [1.82, 2.24) is 4.98 Å². The highest BCUT2D eigenvalue weighted by Crippen LogP contribution is 2.37. The number of pyridine rings is 1. The molecule has 0 unspecified atom stereocenters. The van der Waals surface area contributed by atoms with Crippen molar-refractivity contribution < 1.29 is 23.8 Å². The van der Waals surface area contributed by atoms with E-state index in [0.717, 1.165) is 29.9 Å². The summed E-state index contributed by atoms with van der Waals surface area (Å²) in [6.45, 7) is 2.99. The Labute approximate surface area is 181 Å². The molecule has 0 bridgehead atoms. The number of hydrogen-bond donors (Lipinski definition) is 2. The third-order valence-corrected chi connectivity index (χ3v) is 6.18. The van der Waals surface area contributed by atoms with Crippen molar-refractivity contribution in [2.24, 2.45) is 5.92 Å². The monoisotopic (exact) mass is 428 g/mol. The van der Waals surface area contributed by atoms with Gasteiger partial charge in [0.15, 0.2) is 11.6 Å². The molecule has 6 nitrogen and oxygen atoms in total. The van der Waals surface area contributed by atoms with Crippen LogP contribution < -0.4 is 10.1 Å². The number of anilines is 1. The molecule has 1 saturated carbocycles. The fraction of sp³-hybridized carbons (Fsp3) is 0.500. The first-order valence-electron chi connectivity index (χ1n) is 11.0. The molecule has 166 valence electrons. The average molecular weight is 429 g/mol. The van der Waals surface area contributed by atoms with Gasteiger partial charge in [-0.1, -0.05) is 25.0 Å². The summed E-state index contributed by atoms with van der Waals surface area (Å²) in [5, 5.41) is 13.0. The van der Waals surface area contributed by atoms with E-state index in [-0.39, 0.29) is 5.75 Å². The Bertz CT molecular complexity index is 939. The number of carboxylic acid groups (broad SMARTS) is 1. The van der Waals surface area contributed by atoms with E-state index >= 15 is 4.39 Å². The van der Waals surface area contributed by atoms with Crippen molar-refractivity contribution in [3.63, 3.8) is 0 Å². The van der Waals surface area contributed by atoms with E-state index in [1.165, 1.54) is 12.8 Å². The van der Waals surface area contributed by atoms with Crippen LogP contribution in [0.4, 0.5) is 10.2 Å². The molecule has 0 amide bonds. The lowest BCUT2D eigenvalue weighted by Crippen LogP contribution is -2.50. The highest BCUT2D eigenvalue weighted by atomic mass is 19.1. The Morgan fingerprint density at radius 2 is 2.10 bits per heavy atom. The molecule has 1 saturated heterocycles. The Balaban J connectivity index is 1.68. The topological polar surface area (TPSA) is 80.7 Å². The molecule has 2 aromatic rings. The number of nitrogens with one attached hydrogen (secondary N) is 1. The molecular weight excluding hydrogens is 399 g/mol. The van der Waals surface area contributed by atoms with Gasteiger partial charge in [0.1, 0.15) is 11.4 Å². The van der Waals surface area contributed by atoms with E-state index in [9.17, 15) is 9.90 Å². The number of ether oxygens (including phenoxy) is 2. The predicted octanol–water partition coefficient (Wildman–Crippen LogP) is 4.67. The summed E-state index contributed by atoms with van der Waals surface area (Å²) >= 11 is 0. The predicted molar refractivity (Wildman–Crippen MR) is 116 cm³/mol. The third kappa shape index (κ3) is 4.82. The SMILES string of the molecule is CCOc1cccc(-c2cnc(NC3(C(=O)O)CCOCC3)cc2CCC2CC2)c1F. The Morgan fingerprint density at radius 3 is 2.77 bits per heavy atom. The van der Waals surface area contributed by atoms with E-state index < -0.39 is 17.3 Å². The van der Waals surface area contributed by atoms with E-state index in [2.05, 4.69) is 10.3 Å². The van der Waals surface area contributed by atoms with Crippen molar-refractivity contribution in [1.29, 1.82) is 0 Å². The molecule has 2 aliphatic rings. The van der Waals surface area contributed by atoms with Gasteiger partial charge in [0.25, 0.3) is 0 Å². The largest absolute Gasteiger partial charge is 0.491 e. The minimum Gasteiger partial charge on any atom is -0.491 e. The van der Waals surface area contributed by atoms with Gasteiger partial charge >= 0.3 is 5.97 Å². The summed E-state index contributed by atoms with van der Waals surface area (Å²) in [6, 6.07) is 7.02. The van der Waals surface area contributed by atoms with Gasteiger partial charge in [-0.05, 0) is 43.4 Å².